The first-order valence-corrected chi connectivity index (χ1v) is 11.8. The van der Waals surface area contributed by atoms with Crippen LogP contribution in [0.15, 0.2) is 53.6 Å². The first-order valence-electron chi connectivity index (χ1n) is 10.8. The van der Waals surface area contributed by atoms with E-state index < -0.39 is 0 Å². The summed E-state index contributed by atoms with van der Waals surface area (Å²) in [5.74, 6) is 2.08. The van der Waals surface area contributed by atoms with Gasteiger partial charge in [-0.05, 0) is 44.2 Å². The predicted octanol–water partition coefficient (Wildman–Crippen LogP) is 2.59. The van der Waals surface area contributed by atoms with Gasteiger partial charge in [0.25, 0.3) is 0 Å². The average Bonchev–Trinajstić information content (AvgIpc) is 3.17. The highest BCUT2D eigenvalue weighted by atomic mass is 32.2. The van der Waals surface area contributed by atoms with Crippen LogP contribution in [-0.2, 0) is 4.79 Å². The molecular weight excluding hydrogens is 424 g/mol. The van der Waals surface area contributed by atoms with E-state index in [1.54, 1.807) is 4.68 Å². The number of aromatic nitrogens is 4. The molecule has 0 bridgehead atoms. The maximum atomic E-state index is 12.6. The Morgan fingerprint density at radius 3 is 2.47 bits per heavy atom. The van der Waals surface area contributed by atoms with Crippen molar-refractivity contribution >= 4 is 17.7 Å². The minimum Gasteiger partial charge on any atom is -0.492 e. The van der Waals surface area contributed by atoms with Crippen LogP contribution in [0.5, 0.6) is 5.75 Å². The van der Waals surface area contributed by atoms with Gasteiger partial charge in [-0.1, -0.05) is 30.0 Å². The van der Waals surface area contributed by atoms with Gasteiger partial charge < -0.3 is 9.64 Å². The van der Waals surface area contributed by atoms with Crippen molar-refractivity contribution < 1.29 is 9.53 Å². The molecule has 1 aromatic carbocycles. The summed E-state index contributed by atoms with van der Waals surface area (Å²) in [6, 6.07) is 15.6. The second-order valence-corrected chi connectivity index (χ2v) is 8.74. The van der Waals surface area contributed by atoms with E-state index in [1.807, 2.05) is 67.3 Å². The van der Waals surface area contributed by atoms with E-state index in [2.05, 4.69) is 20.2 Å². The highest BCUT2D eigenvalue weighted by molar-refractivity contribution is 7.99. The number of benzene rings is 1. The van der Waals surface area contributed by atoms with Crippen molar-refractivity contribution in [3.63, 3.8) is 0 Å². The SMILES string of the molecule is Cc1cc(C)n(-c2ccc(SCC(=O)N3CCN(CCOc4ccccc4)CC3)nn2)n1. The van der Waals surface area contributed by atoms with Crippen LogP contribution in [-0.4, -0.2) is 80.8 Å². The molecule has 0 radical (unpaired) electrons. The number of aryl methyl sites for hydroxylation is 2. The summed E-state index contributed by atoms with van der Waals surface area (Å²) >= 11 is 1.42. The largest absolute Gasteiger partial charge is 0.492 e. The van der Waals surface area contributed by atoms with Crippen LogP contribution in [0, 0.1) is 13.8 Å². The Labute approximate surface area is 192 Å². The first kappa shape index (κ1) is 22.3. The number of thioether (sulfide) groups is 1. The van der Waals surface area contributed by atoms with E-state index in [0.29, 0.717) is 18.2 Å². The van der Waals surface area contributed by atoms with Crippen molar-refractivity contribution in [2.75, 3.05) is 45.1 Å². The number of para-hydroxylation sites is 1. The standard InChI is InChI=1S/C23H28N6O2S/c1-18-16-19(2)29(26-18)21-8-9-22(25-24-21)32-17-23(30)28-12-10-27(11-13-28)14-15-31-20-6-4-3-5-7-20/h3-9,16H,10-15,17H2,1-2H3. The molecule has 3 aromatic rings. The van der Waals surface area contributed by atoms with E-state index in [0.717, 1.165) is 54.9 Å². The van der Waals surface area contributed by atoms with Crippen LogP contribution in [0.2, 0.25) is 0 Å². The molecule has 0 unspecified atom stereocenters. The summed E-state index contributed by atoms with van der Waals surface area (Å²) < 4.78 is 7.54. The summed E-state index contributed by atoms with van der Waals surface area (Å²) in [6.45, 7) is 8.67. The lowest BCUT2D eigenvalue weighted by molar-refractivity contribution is -0.130. The summed E-state index contributed by atoms with van der Waals surface area (Å²) in [5.41, 5.74) is 1.95. The molecule has 168 valence electrons. The topological polar surface area (TPSA) is 76.4 Å². The van der Waals surface area contributed by atoms with Crippen molar-refractivity contribution in [3.05, 3.63) is 59.9 Å². The van der Waals surface area contributed by atoms with E-state index >= 15 is 0 Å². The number of carbonyl (C=O) groups excluding carboxylic acids is 1. The molecular formula is C23H28N6O2S. The molecule has 1 aliphatic heterocycles. The normalized spacial score (nSPS) is 14.5. The van der Waals surface area contributed by atoms with Crippen molar-refractivity contribution in [2.45, 2.75) is 18.9 Å². The van der Waals surface area contributed by atoms with Crippen LogP contribution < -0.4 is 4.74 Å². The Morgan fingerprint density at radius 2 is 1.81 bits per heavy atom. The van der Waals surface area contributed by atoms with Crippen LogP contribution >= 0.6 is 11.8 Å². The van der Waals surface area contributed by atoms with Gasteiger partial charge in [0, 0.05) is 38.4 Å². The number of rotatable bonds is 8. The van der Waals surface area contributed by atoms with E-state index in [9.17, 15) is 4.79 Å². The lowest BCUT2D eigenvalue weighted by atomic mass is 10.3. The van der Waals surface area contributed by atoms with Gasteiger partial charge in [0.1, 0.15) is 17.4 Å². The summed E-state index contributed by atoms with van der Waals surface area (Å²) in [5, 5.41) is 13.7. The van der Waals surface area contributed by atoms with Gasteiger partial charge in [0.05, 0.1) is 11.4 Å². The molecule has 8 nitrogen and oxygen atoms in total. The molecule has 4 rings (SSSR count). The third kappa shape index (κ3) is 5.86. The zero-order valence-electron chi connectivity index (χ0n) is 18.5. The van der Waals surface area contributed by atoms with Crippen LogP contribution in [0.25, 0.3) is 5.82 Å². The maximum Gasteiger partial charge on any atom is 0.233 e. The molecule has 2 aromatic heterocycles. The number of amides is 1. The second kappa shape index (κ2) is 10.6. The Balaban J connectivity index is 1.18. The summed E-state index contributed by atoms with van der Waals surface area (Å²) in [6.07, 6.45) is 0. The lowest BCUT2D eigenvalue weighted by Crippen LogP contribution is -2.50. The van der Waals surface area contributed by atoms with Crippen molar-refractivity contribution in [3.8, 4) is 11.6 Å². The summed E-state index contributed by atoms with van der Waals surface area (Å²) in [4.78, 5) is 16.9. The third-order valence-electron chi connectivity index (χ3n) is 5.34. The number of hydrogen-bond acceptors (Lipinski definition) is 7. The molecule has 1 saturated heterocycles. The monoisotopic (exact) mass is 452 g/mol. The van der Waals surface area contributed by atoms with E-state index in [-0.39, 0.29) is 5.91 Å². The van der Waals surface area contributed by atoms with Crippen LogP contribution in [0.4, 0.5) is 0 Å². The van der Waals surface area contributed by atoms with Crippen LogP contribution in [0.3, 0.4) is 0 Å². The molecule has 0 spiro atoms. The molecule has 9 heteroatoms. The minimum atomic E-state index is 0.139. The van der Waals surface area contributed by atoms with E-state index in [1.165, 1.54) is 11.8 Å². The number of ether oxygens (including phenoxy) is 1. The fourth-order valence-electron chi connectivity index (χ4n) is 3.62. The van der Waals surface area contributed by atoms with Gasteiger partial charge in [-0.2, -0.15) is 5.10 Å². The lowest BCUT2D eigenvalue weighted by Gasteiger charge is -2.34. The molecule has 32 heavy (non-hydrogen) atoms. The zero-order chi connectivity index (χ0) is 22.3. The summed E-state index contributed by atoms with van der Waals surface area (Å²) in [7, 11) is 0. The fraction of sp³-hybridized carbons (Fsp3) is 0.391. The molecule has 3 heterocycles. The highest BCUT2D eigenvalue weighted by Gasteiger charge is 2.21. The predicted molar refractivity (Wildman–Crippen MR) is 124 cm³/mol. The van der Waals surface area contributed by atoms with Crippen molar-refractivity contribution in [1.29, 1.82) is 0 Å². The van der Waals surface area contributed by atoms with E-state index in [4.69, 9.17) is 4.74 Å². The number of nitrogens with zero attached hydrogens (tertiary/aromatic N) is 6. The molecule has 1 fully saturated rings. The Morgan fingerprint density at radius 1 is 1.03 bits per heavy atom. The molecule has 0 aliphatic carbocycles. The third-order valence-corrected chi connectivity index (χ3v) is 6.25. The average molecular weight is 453 g/mol. The quantitative estimate of drug-likeness (QED) is 0.486. The zero-order valence-corrected chi connectivity index (χ0v) is 19.3. The van der Waals surface area contributed by atoms with Gasteiger partial charge >= 0.3 is 0 Å². The van der Waals surface area contributed by atoms with Gasteiger partial charge in [-0.25, -0.2) is 4.68 Å². The second-order valence-electron chi connectivity index (χ2n) is 7.74. The Kier molecular flexibility index (Phi) is 7.39. The van der Waals surface area contributed by atoms with Gasteiger partial charge in [-0.3, -0.25) is 9.69 Å². The molecule has 0 saturated carbocycles. The Hall–Kier alpha value is -2.91. The molecule has 1 amide bonds. The molecule has 0 N–H and O–H groups in total. The Bertz CT molecular complexity index is 1020. The number of hydrogen-bond donors (Lipinski definition) is 0. The fourth-order valence-corrected chi connectivity index (χ4v) is 4.34. The number of carbonyl (C=O) groups is 1. The molecule has 0 atom stereocenters. The minimum absolute atomic E-state index is 0.139. The van der Waals surface area contributed by atoms with Crippen molar-refractivity contribution in [1.82, 2.24) is 29.8 Å². The van der Waals surface area contributed by atoms with Gasteiger partial charge in [0.15, 0.2) is 5.82 Å². The number of piperazine rings is 1. The molecule has 1 aliphatic rings. The highest BCUT2D eigenvalue weighted by Crippen LogP contribution is 2.17. The van der Waals surface area contributed by atoms with Gasteiger partial charge in [0.2, 0.25) is 5.91 Å². The van der Waals surface area contributed by atoms with Crippen molar-refractivity contribution in [2.24, 2.45) is 0 Å². The van der Waals surface area contributed by atoms with Crippen LogP contribution in [0.1, 0.15) is 11.4 Å². The first-order chi connectivity index (χ1) is 15.6. The maximum absolute atomic E-state index is 12.6. The van der Waals surface area contributed by atoms with Gasteiger partial charge in [-0.15, -0.1) is 10.2 Å². The smallest absolute Gasteiger partial charge is 0.233 e.